The van der Waals surface area contributed by atoms with Crippen LogP contribution in [0.15, 0.2) is 29.1 Å². The fourth-order valence-corrected chi connectivity index (χ4v) is 4.62. The Bertz CT molecular complexity index is 1130. The third-order valence-electron chi connectivity index (χ3n) is 6.48. The maximum atomic E-state index is 13.3. The molecule has 0 aliphatic carbocycles. The van der Waals surface area contributed by atoms with Crippen molar-refractivity contribution in [2.75, 3.05) is 46.9 Å². The Morgan fingerprint density at radius 3 is 2.84 bits per heavy atom. The van der Waals surface area contributed by atoms with Crippen LogP contribution in [0.5, 0.6) is 5.75 Å². The van der Waals surface area contributed by atoms with Gasteiger partial charge >= 0.3 is 0 Å². The van der Waals surface area contributed by atoms with Crippen molar-refractivity contribution in [3.8, 4) is 5.75 Å². The van der Waals surface area contributed by atoms with E-state index in [9.17, 15) is 4.79 Å². The van der Waals surface area contributed by atoms with Crippen LogP contribution < -0.4 is 10.3 Å². The summed E-state index contributed by atoms with van der Waals surface area (Å²) in [5.41, 5.74) is 1.26. The summed E-state index contributed by atoms with van der Waals surface area (Å²) in [6.07, 6.45) is 2.15. The van der Waals surface area contributed by atoms with E-state index in [-0.39, 0.29) is 17.7 Å². The zero-order chi connectivity index (χ0) is 22.1. The van der Waals surface area contributed by atoms with Crippen molar-refractivity contribution >= 4 is 10.9 Å². The first-order valence-electron chi connectivity index (χ1n) is 11.1. The lowest BCUT2D eigenvalue weighted by atomic mass is 10.0. The van der Waals surface area contributed by atoms with E-state index in [0.717, 1.165) is 56.5 Å². The Kier molecular flexibility index (Phi) is 5.90. The second-order valence-electron chi connectivity index (χ2n) is 8.60. The molecule has 0 spiro atoms. The molecule has 32 heavy (non-hydrogen) atoms. The first-order chi connectivity index (χ1) is 15.6. The average molecular weight is 440 g/mol. The largest absolute Gasteiger partial charge is 0.497 e. The number of aromatic nitrogens is 5. The molecule has 2 atom stereocenters. The number of rotatable bonds is 6. The number of hydrogen-bond donors (Lipinski definition) is 1. The molecule has 3 aromatic rings. The van der Waals surface area contributed by atoms with Gasteiger partial charge in [-0.25, -0.2) is 4.68 Å². The minimum atomic E-state index is -0.338. The number of benzene rings is 1. The first-order valence-corrected chi connectivity index (χ1v) is 11.1. The number of fused-ring (bicyclic) bond motifs is 1. The fourth-order valence-electron chi connectivity index (χ4n) is 4.62. The van der Waals surface area contributed by atoms with Crippen LogP contribution in [0.4, 0.5) is 0 Å². The number of ether oxygens (including phenoxy) is 2. The molecule has 1 aromatic carbocycles. The number of likely N-dealkylation sites (N-methyl/N-ethyl adjacent to an activating group) is 1. The van der Waals surface area contributed by atoms with Crippen LogP contribution in [0, 0.1) is 0 Å². The molecule has 0 radical (unpaired) electrons. The highest BCUT2D eigenvalue weighted by atomic mass is 16.5. The van der Waals surface area contributed by atoms with Crippen LogP contribution in [0.1, 0.15) is 30.3 Å². The molecule has 2 saturated heterocycles. The van der Waals surface area contributed by atoms with Crippen molar-refractivity contribution in [1.29, 1.82) is 0 Å². The van der Waals surface area contributed by atoms with Crippen molar-refractivity contribution in [3.63, 3.8) is 0 Å². The SMILES string of the molecule is COc1ccc2cc([C@H](c3nnnn3C[C@@H]3CCCO3)N3CCN(C)CC3)c(=O)[nH]c2c1. The number of nitrogens with zero attached hydrogens (tertiary/aromatic N) is 6. The Morgan fingerprint density at radius 2 is 2.09 bits per heavy atom. The highest BCUT2D eigenvalue weighted by Crippen LogP contribution is 2.29. The number of pyridine rings is 1. The standard InChI is InChI=1S/C22H29N7O3/c1-27-7-9-28(10-8-27)20(21-24-25-26-29(21)14-17-4-3-11-32-17)18-12-15-5-6-16(31-2)13-19(15)23-22(18)30/h5-6,12-13,17,20H,3-4,7-11,14H2,1-2H3,(H,23,30)/t17-,20+/m0/s1. The molecule has 1 N–H and O–H groups in total. The number of H-pyrrole nitrogens is 1. The van der Waals surface area contributed by atoms with E-state index in [2.05, 4.69) is 37.4 Å². The maximum absolute atomic E-state index is 13.3. The molecule has 2 aliphatic rings. The lowest BCUT2D eigenvalue weighted by Gasteiger charge is -2.37. The van der Waals surface area contributed by atoms with Gasteiger partial charge in [-0.2, -0.15) is 0 Å². The predicted molar refractivity (Wildman–Crippen MR) is 119 cm³/mol. The summed E-state index contributed by atoms with van der Waals surface area (Å²) in [5, 5.41) is 13.6. The van der Waals surface area contributed by atoms with Gasteiger partial charge in [0.15, 0.2) is 5.82 Å². The molecule has 2 aliphatic heterocycles. The molecule has 170 valence electrons. The summed E-state index contributed by atoms with van der Waals surface area (Å²) in [4.78, 5) is 20.9. The van der Waals surface area contributed by atoms with E-state index in [1.165, 1.54) is 0 Å². The number of methoxy groups -OCH3 is 1. The smallest absolute Gasteiger partial charge is 0.253 e. The van der Waals surface area contributed by atoms with Gasteiger partial charge in [-0.3, -0.25) is 9.69 Å². The van der Waals surface area contributed by atoms with E-state index in [1.54, 1.807) is 7.11 Å². The molecule has 2 fully saturated rings. The number of piperazine rings is 1. The van der Waals surface area contributed by atoms with Crippen molar-refractivity contribution in [3.05, 3.63) is 46.0 Å². The molecule has 2 aromatic heterocycles. The van der Waals surface area contributed by atoms with Gasteiger partial charge in [0.05, 0.1) is 25.3 Å². The van der Waals surface area contributed by atoms with Gasteiger partial charge < -0.3 is 19.4 Å². The first kappa shape index (κ1) is 21.0. The van der Waals surface area contributed by atoms with Crippen LogP contribution >= 0.6 is 0 Å². The summed E-state index contributed by atoms with van der Waals surface area (Å²) in [6, 6.07) is 7.32. The van der Waals surface area contributed by atoms with E-state index in [4.69, 9.17) is 9.47 Å². The van der Waals surface area contributed by atoms with Crippen LogP contribution in [0.3, 0.4) is 0 Å². The van der Waals surface area contributed by atoms with E-state index < -0.39 is 0 Å². The molecule has 5 rings (SSSR count). The van der Waals surface area contributed by atoms with Gasteiger partial charge in [-0.1, -0.05) is 0 Å². The second-order valence-corrected chi connectivity index (χ2v) is 8.60. The Morgan fingerprint density at radius 1 is 1.25 bits per heavy atom. The Labute approximate surface area is 186 Å². The van der Waals surface area contributed by atoms with Crippen molar-refractivity contribution in [2.24, 2.45) is 0 Å². The average Bonchev–Trinajstić information content (AvgIpc) is 3.48. The normalized spacial score (nSPS) is 21.2. The van der Waals surface area contributed by atoms with E-state index >= 15 is 0 Å². The quantitative estimate of drug-likeness (QED) is 0.608. The van der Waals surface area contributed by atoms with Gasteiger partial charge in [0, 0.05) is 44.4 Å². The molecular weight excluding hydrogens is 410 g/mol. The summed E-state index contributed by atoms with van der Waals surface area (Å²) in [5.74, 6) is 1.39. The number of nitrogens with one attached hydrogen (secondary N) is 1. The van der Waals surface area contributed by atoms with Crippen molar-refractivity contribution < 1.29 is 9.47 Å². The molecule has 4 heterocycles. The minimum absolute atomic E-state index is 0.104. The van der Waals surface area contributed by atoms with E-state index in [0.29, 0.717) is 23.7 Å². The molecule has 10 nitrogen and oxygen atoms in total. The third-order valence-corrected chi connectivity index (χ3v) is 6.48. The van der Waals surface area contributed by atoms with Gasteiger partial charge in [0.25, 0.3) is 5.56 Å². The third kappa shape index (κ3) is 4.13. The summed E-state index contributed by atoms with van der Waals surface area (Å²) in [7, 11) is 3.73. The monoisotopic (exact) mass is 439 g/mol. The van der Waals surface area contributed by atoms with Crippen LogP contribution in [-0.2, 0) is 11.3 Å². The maximum Gasteiger partial charge on any atom is 0.253 e. The van der Waals surface area contributed by atoms with Crippen LogP contribution in [-0.4, -0.2) is 88.0 Å². The predicted octanol–water partition coefficient (Wildman–Crippen LogP) is 1.04. The Balaban J connectivity index is 1.57. The molecular formula is C22H29N7O3. The lowest BCUT2D eigenvalue weighted by molar-refractivity contribution is 0.0878. The summed E-state index contributed by atoms with van der Waals surface area (Å²) >= 11 is 0. The van der Waals surface area contributed by atoms with Crippen LogP contribution in [0.2, 0.25) is 0 Å². The Hall–Kier alpha value is -2.82. The van der Waals surface area contributed by atoms with Gasteiger partial charge in [-0.15, -0.1) is 5.10 Å². The van der Waals surface area contributed by atoms with Crippen molar-refractivity contribution in [2.45, 2.75) is 31.5 Å². The molecule has 0 amide bonds. The molecule has 0 bridgehead atoms. The second kappa shape index (κ2) is 8.97. The van der Waals surface area contributed by atoms with Gasteiger partial charge in [0.2, 0.25) is 0 Å². The number of aromatic amines is 1. The summed E-state index contributed by atoms with van der Waals surface area (Å²) in [6.45, 7) is 4.87. The zero-order valence-electron chi connectivity index (χ0n) is 18.5. The number of tetrazole rings is 1. The van der Waals surface area contributed by atoms with E-state index in [1.807, 2.05) is 28.9 Å². The fraction of sp³-hybridized carbons (Fsp3) is 0.545. The minimum Gasteiger partial charge on any atom is -0.497 e. The van der Waals surface area contributed by atoms with Gasteiger partial charge in [0.1, 0.15) is 11.8 Å². The lowest BCUT2D eigenvalue weighted by Crippen LogP contribution is -2.47. The number of hydrogen-bond acceptors (Lipinski definition) is 8. The van der Waals surface area contributed by atoms with Gasteiger partial charge in [-0.05, 0) is 53.9 Å². The zero-order valence-corrected chi connectivity index (χ0v) is 18.5. The molecule has 0 saturated carbocycles. The summed E-state index contributed by atoms with van der Waals surface area (Å²) < 4.78 is 12.9. The van der Waals surface area contributed by atoms with Crippen molar-refractivity contribution in [1.82, 2.24) is 35.0 Å². The van der Waals surface area contributed by atoms with Crippen LogP contribution in [0.25, 0.3) is 10.9 Å². The highest BCUT2D eigenvalue weighted by Gasteiger charge is 2.33. The topological polar surface area (TPSA) is 101 Å². The highest BCUT2D eigenvalue weighted by molar-refractivity contribution is 5.80. The molecule has 10 heteroatoms. The molecule has 0 unspecified atom stereocenters.